The molecule has 1 aromatic carbocycles. The maximum atomic E-state index is 12.5. The molecule has 0 spiro atoms. The number of hydrogen-bond donors (Lipinski definition) is 1. The molecule has 2 N–H and O–H groups in total. The summed E-state index contributed by atoms with van der Waals surface area (Å²) in [6.07, 6.45) is 0. The Kier molecular flexibility index (Phi) is 5.55. The van der Waals surface area contributed by atoms with Crippen LogP contribution in [0.4, 0.5) is 5.82 Å². The van der Waals surface area contributed by atoms with E-state index in [1.54, 1.807) is 41.8 Å². The molecule has 9 heteroatoms. The normalized spacial score (nSPS) is 10.6. The largest absolute Gasteiger partial charge is 0.453 e. The summed E-state index contributed by atoms with van der Waals surface area (Å²) in [6.45, 7) is -0.561. The van der Waals surface area contributed by atoms with Gasteiger partial charge >= 0.3 is 11.7 Å². The van der Waals surface area contributed by atoms with Crippen molar-refractivity contribution in [3.05, 3.63) is 84.7 Å². The average Bonchev–Trinajstić information content (AvgIpc) is 3.24. The third-order valence-corrected chi connectivity index (χ3v) is 4.95. The monoisotopic (exact) mass is 399 g/mol. The molecule has 0 aliphatic heterocycles. The van der Waals surface area contributed by atoms with Crippen LogP contribution in [0.2, 0.25) is 0 Å². The van der Waals surface area contributed by atoms with E-state index in [-0.39, 0.29) is 17.9 Å². The fraction of sp³-hybridized carbons (Fsp3) is 0.158. The number of rotatable bonds is 6. The van der Waals surface area contributed by atoms with Crippen molar-refractivity contribution in [3.63, 3.8) is 0 Å². The Morgan fingerprint density at radius 2 is 1.82 bits per heavy atom. The number of thiophene rings is 1. The summed E-state index contributed by atoms with van der Waals surface area (Å²) < 4.78 is 6.93. The molecule has 0 amide bonds. The van der Waals surface area contributed by atoms with E-state index in [1.807, 2.05) is 6.07 Å². The molecule has 0 fully saturated rings. The van der Waals surface area contributed by atoms with Gasteiger partial charge in [0.2, 0.25) is 5.78 Å². The van der Waals surface area contributed by atoms with Gasteiger partial charge in [-0.1, -0.05) is 36.4 Å². The van der Waals surface area contributed by atoms with E-state index in [2.05, 4.69) is 0 Å². The van der Waals surface area contributed by atoms with Crippen molar-refractivity contribution < 1.29 is 14.3 Å². The van der Waals surface area contributed by atoms with Gasteiger partial charge in [-0.15, -0.1) is 11.3 Å². The highest BCUT2D eigenvalue weighted by atomic mass is 32.1. The van der Waals surface area contributed by atoms with Crippen LogP contribution in [0.5, 0.6) is 0 Å². The molecule has 0 atom stereocenters. The first-order chi connectivity index (χ1) is 13.4. The van der Waals surface area contributed by atoms with Crippen LogP contribution in [-0.4, -0.2) is 27.5 Å². The molecule has 0 saturated heterocycles. The van der Waals surface area contributed by atoms with Crippen LogP contribution in [0.25, 0.3) is 0 Å². The van der Waals surface area contributed by atoms with E-state index in [1.165, 1.54) is 18.4 Å². The third kappa shape index (κ3) is 3.79. The van der Waals surface area contributed by atoms with Crippen LogP contribution in [0.3, 0.4) is 0 Å². The van der Waals surface area contributed by atoms with Gasteiger partial charge in [-0.3, -0.25) is 18.7 Å². The summed E-state index contributed by atoms with van der Waals surface area (Å²) in [5.41, 5.74) is 4.92. The summed E-state index contributed by atoms with van der Waals surface area (Å²) in [4.78, 5) is 49.7. The summed E-state index contributed by atoms with van der Waals surface area (Å²) in [7, 11) is 1.26. The van der Waals surface area contributed by atoms with Crippen molar-refractivity contribution in [3.8, 4) is 0 Å². The highest BCUT2D eigenvalue weighted by molar-refractivity contribution is 7.11. The van der Waals surface area contributed by atoms with Gasteiger partial charge in [0.1, 0.15) is 16.3 Å². The Hall–Kier alpha value is -3.46. The van der Waals surface area contributed by atoms with Gasteiger partial charge in [-0.2, -0.15) is 0 Å². The molecule has 144 valence electrons. The van der Waals surface area contributed by atoms with Gasteiger partial charge < -0.3 is 10.5 Å². The Balaban J connectivity index is 1.92. The van der Waals surface area contributed by atoms with E-state index >= 15 is 0 Å². The number of Topliss-reactive ketones (excluding diaryl/α,β-unsaturated/α-hetero) is 1. The molecule has 3 rings (SSSR count). The molecule has 2 heterocycles. The molecular formula is C19H17N3O5S. The Bertz CT molecular complexity index is 1130. The van der Waals surface area contributed by atoms with Gasteiger partial charge in [-0.25, -0.2) is 9.59 Å². The number of nitrogens with zero attached hydrogens (tertiary/aromatic N) is 2. The molecule has 0 unspecified atom stereocenters. The highest BCUT2D eigenvalue weighted by Gasteiger charge is 2.23. The molecule has 0 bridgehead atoms. The zero-order valence-electron chi connectivity index (χ0n) is 15.0. The maximum Gasteiger partial charge on any atom is 0.348 e. The van der Waals surface area contributed by atoms with Crippen LogP contribution < -0.4 is 17.0 Å². The molecule has 28 heavy (non-hydrogen) atoms. The zero-order chi connectivity index (χ0) is 20.3. The average molecular weight is 399 g/mol. The van der Waals surface area contributed by atoms with Crippen LogP contribution >= 0.6 is 11.3 Å². The molecule has 0 saturated carbocycles. The van der Waals surface area contributed by atoms with E-state index < -0.39 is 29.6 Å². The molecule has 3 aromatic rings. The lowest BCUT2D eigenvalue weighted by Crippen LogP contribution is -2.43. The second-order valence-corrected chi connectivity index (χ2v) is 6.90. The number of esters is 1. The Morgan fingerprint density at radius 1 is 1.11 bits per heavy atom. The molecule has 2 aromatic heterocycles. The first-order valence-corrected chi connectivity index (χ1v) is 9.15. The number of carbonyl (C=O) groups excluding carboxylic acids is 2. The van der Waals surface area contributed by atoms with E-state index in [4.69, 9.17) is 10.5 Å². The SMILES string of the molecule is Cn1c(=O)c(C(=O)COC(=O)c2cccs2)c(N)n(Cc2ccccc2)c1=O. The van der Waals surface area contributed by atoms with Crippen LogP contribution in [0.1, 0.15) is 25.6 Å². The number of ketones is 1. The summed E-state index contributed by atoms with van der Waals surface area (Å²) in [5, 5.41) is 1.70. The minimum atomic E-state index is -0.830. The Labute approximate surface area is 163 Å². The van der Waals surface area contributed by atoms with E-state index in [0.717, 1.165) is 14.7 Å². The first-order valence-electron chi connectivity index (χ1n) is 8.27. The van der Waals surface area contributed by atoms with Crippen LogP contribution in [0, 0.1) is 0 Å². The molecular weight excluding hydrogens is 382 g/mol. The van der Waals surface area contributed by atoms with Gasteiger partial charge in [0.15, 0.2) is 6.61 Å². The van der Waals surface area contributed by atoms with Crippen molar-refractivity contribution in [2.24, 2.45) is 7.05 Å². The number of anilines is 1. The van der Waals surface area contributed by atoms with E-state index in [9.17, 15) is 19.2 Å². The first kappa shape index (κ1) is 19.3. The number of carbonyl (C=O) groups is 2. The number of hydrogen-bond acceptors (Lipinski definition) is 7. The standard InChI is InChI=1S/C19H17N3O5S/c1-21-17(24)15(13(23)11-27-18(25)14-8-5-9-28-14)16(20)22(19(21)26)10-12-6-3-2-4-7-12/h2-9H,10-11,20H2,1H3. The minimum absolute atomic E-state index is 0.0922. The van der Waals surface area contributed by atoms with Crippen molar-refractivity contribution >= 4 is 28.9 Å². The van der Waals surface area contributed by atoms with Gasteiger partial charge in [0.05, 0.1) is 6.54 Å². The van der Waals surface area contributed by atoms with Crippen LogP contribution in [0.15, 0.2) is 57.4 Å². The summed E-state index contributed by atoms with van der Waals surface area (Å²) >= 11 is 1.17. The molecule has 8 nitrogen and oxygen atoms in total. The smallest absolute Gasteiger partial charge is 0.348 e. The topological polar surface area (TPSA) is 113 Å². The molecule has 0 radical (unpaired) electrons. The number of aromatic nitrogens is 2. The summed E-state index contributed by atoms with van der Waals surface area (Å²) in [5.74, 6) is -1.70. The number of nitrogens with two attached hydrogens (primary N) is 1. The molecule has 0 aliphatic carbocycles. The van der Waals surface area contributed by atoms with Crippen LogP contribution in [-0.2, 0) is 18.3 Å². The van der Waals surface area contributed by atoms with E-state index in [0.29, 0.717) is 4.88 Å². The lowest BCUT2D eigenvalue weighted by atomic mass is 10.2. The van der Waals surface area contributed by atoms with Crippen molar-refractivity contribution in [2.75, 3.05) is 12.3 Å². The minimum Gasteiger partial charge on any atom is -0.453 e. The Morgan fingerprint density at radius 3 is 2.46 bits per heavy atom. The van der Waals surface area contributed by atoms with Crippen molar-refractivity contribution in [1.29, 1.82) is 0 Å². The molecule has 0 aliphatic rings. The maximum absolute atomic E-state index is 12.5. The number of ether oxygens (including phenoxy) is 1. The second kappa shape index (κ2) is 8.05. The van der Waals surface area contributed by atoms with Crippen molar-refractivity contribution in [2.45, 2.75) is 6.54 Å². The third-order valence-electron chi connectivity index (χ3n) is 4.10. The zero-order valence-corrected chi connectivity index (χ0v) is 15.8. The predicted octanol–water partition coefficient (Wildman–Crippen LogP) is 1.28. The second-order valence-electron chi connectivity index (χ2n) is 5.96. The lowest BCUT2D eigenvalue weighted by Gasteiger charge is -2.14. The quantitative estimate of drug-likeness (QED) is 0.493. The fourth-order valence-electron chi connectivity index (χ4n) is 2.63. The lowest BCUT2D eigenvalue weighted by molar-refractivity contribution is 0.0479. The fourth-order valence-corrected chi connectivity index (χ4v) is 3.25. The summed E-state index contributed by atoms with van der Waals surface area (Å²) in [6, 6.07) is 12.3. The highest BCUT2D eigenvalue weighted by Crippen LogP contribution is 2.12. The van der Waals surface area contributed by atoms with Gasteiger partial charge in [-0.05, 0) is 17.0 Å². The number of nitrogen functional groups attached to an aromatic ring is 1. The van der Waals surface area contributed by atoms with Gasteiger partial charge in [0.25, 0.3) is 5.56 Å². The van der Waals surface area contributed by atoms with Crippen molar-refractivity contribution in [1.82, 2.24) is 9.13 Å². The number of benzene rings is 1. The van der Waals surface area contributed by atoms with Gasteiger partial charge in [0, 0.05) is 7.05 Å². The predicted molar refractivity (Wildman–Crippen MR) is 105 cm³/mol.